The Morgan fingerprint density at radius 1 is 1.33 bits per heavy atom. The molecule has 0 amide bonds. The molecular weight excluding hydrogens is 188 g/mol. The number of rotatable bonds is 1. The van der Waals surface area contributed by atoms with Crippen LogP contribution in [0.1, 0.15) is 5.56 Å². The molecular formula is C7H4ClF2NO. The predicted molar refractivity (Wildman–Crippen MR) is 40.5 cm³/mol. The van der Waals surface area contributed by atoms with Crippen molar-refractivity contribution in [3.63, 3.8) is 0 Å². The molecule has 0 aliphatic carbocycles. The number of oxime groups is 1. The van der Waals surface area contributed by atoms with E-state index in [9.17, 15) is 8.78 Å². The molecule has 2 nitrogen and oxygen atoms in total. The largest absolute Gasteiger partial charge is 0.410 e. The highest BCUT2D eigenvalue weighted by Gasteiger charge is 2.05. The molecule has 0 saturated heterocycles. The second kappa shape index (κ2) is 3.49. The molecule has 1 aromatic carbocycles. The van der Waals surface area contributed by atoms with E-state index in [0.717, 1.165) is 12.1 Å². The first-order valence-electron chi connectivity index (χ1n) is 2.98. The Kier molecular flexibility index (Phi) is 2.60. The summed E-state index contributed by atoms with van der Waals surface area (Å²) in [6.45, 7) is 0. The molecule has 1 aromatic rings. The summed E-state index contributed by atoms with van der Waals surface area (Å²) < 4.78 is 24.9. The summed E-state index contributed by atoms with van der Waals surface area (Å²) in [5, 5.41) is 10.5. The van der Waals surface area contributed by atoms with Crippen LogP contribution in [0.2, 0.25) is 0 Å². The fourth-order valence-corrected chi connectivity index (χ4v) is 0.800. The topological polar surface area (TPSA) is 32.6 Å². The predicted octanol–water partition coefficient (Wildman–Crippen LogP) is 2.34. The third kappa shape index (κ3) is 1.71. The van der Waals surface area contributed by atoms with Crippen molar-refractivity contribution in [3.05, 3.63) is 35.4 Å². The molecule has 64 valence electrons. The Balaban J connectivity index is 3.13. The molecule has 0 heterocycles. The van der Waals surface area contributed by atoms with E-state index in [4.69, 9.17) is 16.8 Å². The van der Waals surface area contributed by atoms with Gasteiger partial charge in [0.25, 0.3) is 0 Å². The van der Waals surface area contributed by atoms with Gasteiger partial charge in [0.05, 0.1) is 0 Å². The van der Waals surface area contributed by atoms with Gasteiger partial charge in [0.1, 0.15) is 0 Å². The van der Waals surface area contributed by atoms with Crippen LogP contribution in [0.5, 0.6) is 0 Å². The molecule has 0 fully saturated rings. The van der Waals surface area contributed by atoms with Crippen molar-refractivity contribution >= 4 is 16.8 Å². The van der Waals surface area contributed by atoms with Gasteiger partial charge in [-0.1, -0.05) is 16.8 Å². The Hall–Kier alpha value is -1.16. The fraction of sp³-hybridized carbons (Fsp3) is 0. The van der Waals surface area contributed by atoms with Gasteiger partial charge >= 0.3 is 0 Å². The van der Waals surface area contributed by atoms with Crippen molar-refractivity contribution in [2.45, 2.75) is 0 Å². The zero-order valence-corrected chi connectivity index (χ0v) is 6.52. The van der Waals surface area contributed by atoms with Crippen LogP contribution >= 0.6 is 11.6 Å². The van der Waals surface area contributed by atoms with Crippen molar-refractivity contribution in [1.29, 1.82) is 0 Å². The van der Waals surface area contributed by atoms with Crippen molar-refractivity contribution in [3.8, 4) is 0 Å². The Morgan fingerprint density at radius 2 is 2.00 bits per heavy atom. The van der Waals surface area contributed by atoms with Crippen LogP contribution in [0.3, 0.4) is 0 Å². The zero-order valence-electron chi connectivity index (χ0n) is 5.76. The Labute approximate surface area is 72.1 Å². The molecule has 0 atom stereocenters. The van der Waals surface area contributed by atoms with E-state index in [-0.39, 0.29) is 10.7 Å². The van der Waals surface area contributed by atoms with E-state index in [1.165, 1.54) is 6.07 Å². The SMILES string of the molecule is O/N=C(\Cl)c1ccc(F)c(F)c1. The molecule has 1 N–H and O–H groups in total. The van der Waals surface area contributed by atoms with Gasteiger partial charge in [0, 0.05) is 5.56 Å². The molecule has 0 unspecified atom stereocenters. The number of halogens is 3. The van der Waals surface area contributed by atoms with Crippen LogP contribution in [0, 0.1) is 11.6 Å². The van der Waals surface area contributed by atoms with Crippen molar-refractivity contribution in [2.75, 3.05) is 0 Å². The van der Waals surface area contributed by atoms with Crippen LogP contribution in [0.15, 0.2) is 23.4 Å². The van der Waals surface area contributed by atoms with Crippen LogP contribution in [0.25, 0.3) is 0 Å². The number of benzene rings is 1. The summed E-state index contributed by atoms with van der Waals surface area (Å²) in [6.07, 6.45) is 0. The first-order valence-corrected chi connectivity index (χ1v) is 3.36. The minimum atomic E-state index is -1.03. The highest BCUT2D eigenvalue weighted by Crippen LogP contribution is 2.10. The summed E-state index contributed by atoms with van der Waals surface area (Å²) >= 11 is 5.33. The van der Waals surface area contributed by atoms with Crippen LogP contribution in [-0.4, -0.2) is 10.4 Å². The first kappa shape index (κ1) is 8.93. The van der Waals surface area contributed by atoms with E-state index < -0.39 is 11.6 Å². The number of nitrogens with zero attached hydrogens (tertiary/aromatic N) is 1. The molecule has 0 bridgehead atoms. The quantitative estimate of drug-likeness (QED) is 0.413. The highest BCUT2D eigenvalue weighted by atomic mass is 35.5. The summed E-state index contributed by atoms with van der Waals surface area (Å²) in [5.74, 6) is -2.00. The van der Waals surface area contributed by atoms with Crippen LogP contribution < -0.4 is 0 Å². The second-order valence-corrected chi connectivity index (χ2v) is 2.38. The minimum absolute atomic E-state index is 0.123. The number of hydrogen-bond acceptors (Lipinski definition) is 2. The lowest BCUT2D eigenvalue weighted by Crippen LogP contribution is -1.93. The van der Waals surface area contributed by atoms with E-state index >= 15 is 0 Å². The van der Waals surface area contributed by atoms with Crippen LogP contribution in [0.4, 0.5) is 8.78 Å². The van der Waals surface area contributed by atoms with Crippen molar-refractivity contribution in [2.24, 2.45) is 5.16 Å². The lowest BCUT2D eigenvalue weighted by atomic mass is 10.2. The lowest BCUT2D eigenvalue weighted by Gasteiger charge is -1.96. The molecule has 0 radical (unpaired) electrons. The molecule has 1 rings (SSSR count). The highest BCUT2D eigenvalue weighted by molar-refractivity contribution is 6.69. The number of hydrogen-bond donors (Lipinski definition) is 1. The molecule has 0 saturated carbocycles. The maximum absolute atomic E-state index is 12.5. The van der Waals surface area contributed by atoms with Crippen molar-refractivity contribution < 1.29 is 14.0 Å². The fourth-order valence-electron chi connectivity index (χ4n) is 0.682. The molecule has 0 aliphatic rings. The zero-order chi connectivity index (χ0) is 9.14. The third-order valence-corrected chi connectivity index (χ3v) is 1.54. The third-order valence-electron chi connectivity index (χ3n) is 1.25. The maximum Gasteiger partial charge on any atom is 0.175 e. The van der Waals surface area contributed by atoms with Crippen molar-refractivity contribution in [1.82, 2.24) is 0 Å². The van der Waals surface area contributed by atoms with Gasteiger partial charge in [-0.2, -0.15) is 0 Å². The molecule has 0 spiro atoms. The second-order valence-electron chi connectivity index (χ2n) is 2.02. The molecule has 0 aromatic heterocycles. The van der Waals surface area contributed by atoms with E-state index in [2.05, 4.69) is 5.16 Å². The normalized spacial score (nSPS) is 11.8. The van der Waals surface area contributed by atoms with Gasteiger partial charge in [-0.15, -0.1) is 0 Å². The minimum Gasteiger partial charge on any atom is -0.410 e. The van der Waals surface area contributed by atoms with Gasteiger partial charge in [-0.25, -0.2) is 8.78 Å². The Bertz CT molecular complexity index is 327. The van der Waals surface area contributed by atoms with E-state index in [1.807, 2.05) is 0 Å². The summed E-state index contributed by atoms with van der Waals surface area (Å²) in [4.78, 5) is 0. The molecule has 5 heteroatoms. The summed E-state index contributed by atoms with van der Waals surface area (Å²) in [7, 11) is 0. The van der Waals surface area contributed by atoms with Gasteiger partial charge in [0.15, 0.2) is 16.8 Å². The monoisotopic (exact) mass is 191 g/mol. The van der Waals surface area contributed by atoms with E-state index in [1.54, 1.807) is 0 Å². The van der Waals surface area contributed by atoms with Gasteiger partial charge in [0.2, 0.25) is 0 Å². The smallest absolute Gasteiger partial charge is 0.175 e. The summed E-state index contributed by atoms with van der Waals surface area (Å²) in [5.41, 5.74) is 0.123. The maximum atomic E-state index is 12.5. The average Bonchev–Trinajstić information content (AvgIpc) is 2.08. The van der Waals surface area contributed by atoms with Crippen LogP contribution in [-0.2, 0) is 0 Å². The standard InChI is InChI=1S/C7H4ClF2NO/c8-7(11-12)4-1-2-5(9)6(10)3-4/h1-3,12H/b11-7-. The summed E-state index contributed by atoms with van der Waals surface area (Å²) in [6, 6.07) is 2.95. The first-order chi connectivity index (χ1) is 5.65. The van der Waals surface area contributed by atoms with Gasteiger partial charge in [-0.3, -0.25) is 0 Å². The van der Waals surface area contributed by atoms with Gasteiger partial charge < -0.3 is 5.21 Å². The Morgan fingerprint density at radius 3 is 2.50 bits per heavy atom. The van der Waals surface area contributed by atoms with E-state index in [0.29, 0.717) is 0 Å². The average molecular weight is 192 g/mol. The molecule has 12 heavy (non-hydrogen) atoms. The van der Waals surface area contributed by atoms with Gasteiger partial charge in [-0.05, 0) is 18.2 Å². The lowest BCUT2D eigenvalue weighted by molar-refractivity contribution is 0.321. The molecule has 0 aliphatic heterocycles.